The fourth-order valence-corrected chi connectivity index (χ4v) is 2.95. The highest BCUT2D eigenvalue weighted by Crippen LogP contribution is 2.30. The van der Waals surface area contributed by atoms with Crippen LogP contribution in [0.2, 0.25) is 0 Å². The monoisotopic (exact) mass is 291 g/mol. The summed E-state index contributed by atoms with van der Waals surface area (Å²) in [6.07, 6.45) is 0. The third kappa shape index (κ3) is 2.77. The van der Waals surface area contributed by atoms with E-state index < -0.39 is 0 Å². The summed E-state index contributed by atoms with van der Waals surface area (Å²) in [6, 6.07) is 21.2. The summed E-state index contributed by atoms with van der Waals surface area (Å²) >= 11 is 0. The molecule has 0 heterocycles. The first kappa shape index (κ1) is 14.5. The van der Waals surface area contributed by atoms with Gasteiger partial charge < -0.3 is 9.64 Å². The molecule has 0 N–H and O–H groups in total. The lowest BCUT2D eigenvalue weighted by Crippen LogP contribution is -2.17. The minimum Gasteiger partial charge on any atom is -0.497 e. The maximum absolute atomic E-state index is 5.22. The molecule has 0 aliphatic carbocycles. The van der Waals surface area contributed by atoms with Crippen LogP contribution in [-0.2, 0) is 6.54 Å². The van der Waals surface area contributed by atoms with Gasteiger partial charge in [0.2, 0.25) is 0 Å². The Morgan fingerprint density at radius 2 is 1.64 bits per heavy atom. The molecule has 0 aliphatic heterocycles. The minimum absolute atomic E-state index is 0.874. The Balaban J connectivity index is 1.94. The Morgan fingerprint density at radius 3 is 2.36 bits per heavy atom. The number of hydrogen-bond donors (Lipinski definition) is 0. The third-order valence-corrected chi connectivity index (χ3v) is 4.06. The second-order valence-electron chi connectivity index (χ2n) is 5.66. The topological polar surface area (TPSA) is 12.5 Å². The standard InChI is InChI=1S/C20H21NO/c1-15-8-11-17-6-4-5-7-19(17)20(15)21(2)14-16-9-12-18(22-3)13-10-16/h4-13H,14H2,1-3H3. The molecule has 0 radical (unpaired) electrons. The van der Waals surface area contributed by atoms with E-state index in [0.29, 0.717) is 0 Å². The molecule has 0 atom stereocenters. The Morgan fingerprint density at radius 1 is 0.909 bits per heavy atom. The van der Waals surface area contributed by atoms with Gasteiger partial charge in [-0.25, -0.2) is 0 Å². The van der Waals surface area contributed by atoms with Crippen LogP contribution in [0.15, 0.2) is 60.7 Å². The van der Waals surface area contributed by atoms with Crippen LogP contribution in [0, 0.1) is 6.92 Å². The maximum Gasteiger partial charge on any atom is 0.118 e. The number of hydrogen-bond acceptors (Lipinski definition) is 2. The van der Waals surface area contributed by atoms with Crippen molar-refractivity contribution in [3.63, 3.8) is 0 Å². The lowest BCUT2D eigenvalue weighted by Gasteiger charge is -2.23. The van der Waals surface area contributed by atoms with Gasteiger partial charge in [0.25, 0.3) is 0 Å². The van der Waals surface area contributed by atoms with Crippen LogP contribution < -0.4 is 9.64 Å². The molecule has 112 valence electrons. The fourth-order valence-electron chi connectivity index (χ4n) is 2.95. The average Bonchev–Trinajstić information content (AvgIpc) is 2.55. The number of ether oxygens (including phenoxy) is 1. The molecule has 3 aromatic rings. The van der Waals surface area contributed by atoms with Crippen LogP contribution in [0.25, 0.3) is 10.8 Å². The lowest BCUT2D eigenvalue weighted by atomic mass is 10.0. The molecule has 0 aromatic heterocycles. The predicted octanol–water partition coefficient (Wildman–Crippen LogP) is 4.79. The first-order valence-electron chi connectivity index (χ1n) is 7.51. The van der Waals surface area contributed by atoms with Gasteiger partial charge in [-0.3, -0.25) is 0 Å². The smallest absolute Gasteiger partial charge is 0.118 e. The van der Waals surface area contributed by atoms with Crippen LogP contribution >= 0.6 is 0 Å². The lowest BCUT2D eigenvalue weighted by molar-refractivity contribution is 0.414. The van der Waals surface area contributed by atoms with Gasteiger partial charge in [0.05, 0.1) is 7.11 Å². The van der Waals surface area contributed by atoms with E-state index in [9.17, 15) is 0 Å². The van der Waals surface area contributed by atoms with E-state index in [4.69, 9.17) is 4.74 Å². The predicted molar refractivity (Wildman–Crippen MR) is 93.8 cm³/mol. The van der Waals surface area contributed by atoms with E-state index in [-0.39, 0.29) is 0 Å². The minimum atomic E-state index is 0.874. The molecule has 0 fully saturated rings. The Bertz CT molecular complexity index is 777. The molecule has 0 aliphatic rings. The Kier molecular flexibility index (Phi) is 4.01. The summed E-state index contributed by atoms with van der Waals surface area (Å²) in [5.41, 5.74) is 3.87. The van der Waals surface area contributed by atoms with Gasteiger partial charge in [-0.05, 0) is 35.6 Å². The number of benzene rings is 3. The average molecular weight is 291 g/mol. The van der Waals surface area contributed by atoms with E-state index in [1.807, 2.05) is 12.1 Å². The highest BCUT2D eigenvalue weighted by Gasteiger charge is 2.10. The van der Waals surface area contributed by atoms with Crippen LogP contribution in [0.5, 0.6) is 5.75 Å². The van der Waals surface area contributed by atoms with Gasteiger partial charge in [0.1, 0.15) is 5.75 Å². The largest absolute Gasteiger partial charge is 0.497 e. The van der Waals surface area contributed by atoms with E-state index in [0.717, 1.165) is 12.3 Å². The van der Waals surface area contributed by atoms with Crippen molar-refractivity contribution in [1.82, 2.24) is 0 Å². The Labute approximate surface area is 132 Å². The number of anilines is 1. The molecule has 2 nitrogen and oxygen atoms in total. The van der Waals surface area contributed by atoms with Gasteiger partial charge >= 0.3 is 0 Å². The first-order valence-corrected chi connectivity index (χ1v) is 7.51. The van der Waals surface area contributed by atoms with Crippen molar-refractivity contribution in [3.05, 3.63) is 71.8 Å². The zero-order chi connectivity index (χ0) is 15.5. The summed E-state index contributed by atoms with van der Waals surface area (Å²) in [5.74, 6) is 0.896. The highest BCUT2D eigenvalue weighted by atomic mass is 16.5. The highest BCUT2D eigenvalue weighted by molar-refractivity contribution is 5.95. The van der Waals surface area contributed by atoms with E-state index in [1.165, 1.54) is 27.6 Å². The number of fused-ring (bicyclic) bond motifs is 1. The fraction of sp³-hybridized carbons (Fsp3) is 0.200. The molecule has 0 amide bonds. The molecular weight excluding hydrogens is 270 g/mol. The summed E-state index contributed by atoms with van der Waals surface area (Å²) in [6.45, 7) is 3.05. The Hall–Kier alpha value is -2.48. The molecule has 0 saturated heterocycles. The van der Waals surface area contributed by atoms with E-state index >= 15 is 0 Å². The second kappa shape index (κ2) is 6.10. The summed E-state index contributed by atoms with van der Waals surface area (Å²) in [5, 5.41) is 2.59. The number of methoxy groups -OCH3 is 1. The molecule has 22 heavy (non-hydrogen) atoms. The maximum atomic E-state index is 5.22. The van der Waals surface area contributed by atoms with E-state index in [2.05, 4.69) is 67.4 Å². The number of rotatable bonds is 4. The van der Waals surface area contributed by atoms with Crippen LogP contribution in [0.3, 0.4) is 0 Å². The van der Waals surface area contributed by atoms with Crippen molar-refractivity contribution in [2.45, 2.75) is 13.5 Å². The first-order chi connectivity index (χ1) is 10.7. The molecule has 0 unspecified atom stereocenters. The van der Waals surface area contributed by atoms with Crippen LogP contribution in [-0.4, -0.2) is 14.2 Å². The van der Waals surface area contributed by atoms with Crippen molar-refractivity contribution < 1.29 is 4.74 Å². The van der Waals surface area contributed by atoms with Gasteiger partial charge in [-0.15, -0.1) is 0 Å². The molecule has 2 heteroatoms. The quantitative estimate of drug-likeness (QED) is 0.685. The van der Waals surface area contributed by atoms with Gasteiger partial charge in [0, 0.05) is 24.7 Å². The zero-order valence-corrected chi connectivity index (χ0v) is 13.3. The van der Waals surface area contributed by atoms with Crippen LogP contribution in [0.1, 0.15) is 11.1 Å². The van der Waals surface area contributed by atoms with Crippen molar-refractivity contribution in [1.29, 1.82) is 0 Å². The van der Waals surface area contributed by atoms with Gasteiger partial charge in [-0.1, -0.05) is 48.5 Å². The van der Waals surface area contributed by atoms with Gasteiger partial charge in [0.15, 0.2) is 0 Å². The van der Waals surface area contributed by atoms with Crippen molar-refractivity contribution >= 4 is 16.5 Å². The molecule has 0 bridgehead atoms. The molecule has 0 saturated carbocycles. The zero-order valence-electron chi connectivity index (χ0n) is 13.3. The van der Waals surface area contributed by atoms with E-state index in [1.54, 1.807) is 7.11 Å². The van der Waals surface area contributed by atoms with Crippen molar-refractivity contribution in [3.8, 4) is 5.75 Å². The molecule has 3 aromatic carbocycles. The molecule has 3 rings (SSSR count). The SMILES string of the molecule is COc1ccc(CN(C)c2c(C)ccc3ccccc23)cc1. The normalized spacial score (nSPS) is 10.7. The third-order valence-electron chi connectivity index (χ3n) is 4.06. The second-order valence-corrected chi connectivity index (χ2v) is 5.66. The van der Waals surface area contributed by atoms with Crippen molar-refractivity contribution in [2.24, 2.45) is 0 Å². The van der Waals surface area contributed by atoms with Crippen molar-refractivity contribution in [2.75, 3.05) is 19.1 Å². The summed E-state index contributed by atoms with van der Waals surface area (Å²) in [7, 11) is 3.85. The van der Waals surface area contributed by atoms with Gasteiger partial charge in [-0.2, -0.15) is 0 Å². The molecule has 0 spiro atoms. The summed E-state index contributed by atoms with van der Waals surface area (Å²) in [4.78, 5) is 2.32. The summed E-state index contributed by atoms with van der Waals surface area (Å²) < 4.78 is 5.22. The van der Waals surface area contributed by atoms with Crippen LogP contribution in [0.4, 0.5) is 5.69 Å². The number of nitrogens with zero attached hydrogens (tertiary/aromatic N) is 1. The molecular formula is C20H21NO. The number of aryl methyl sites for hydroxylation is 1.